The number of hydrogen-bond donors (Lipinski definition) is 3. The van der Waals surface area contributed by atoms with E-state index in [4.69, 9.17) is 4.98 Å². The molecule has 0 radical (unpaired) electrons. The monoisotopic (exact) mass is 515 g/mol. The van der Waals surface area contributed by atoms with Gasteiger partial charge >= 0.3 is 0 Å². The molecule has 6 rings (SSSR count). The fourth-order valence-corrected chi connectivity index (χ4v) is 4.83. The zero-order valence-electron chi connectivity index (χ0n) is 19.6. The number of fused-ring (bicyclic) bond motifs is 2. The van der Waals surface area contributed by atoms with Gasteiger partial charge in [0, 0.05) is 28.1 Å². The number of benzene rings is 1. The Balaban J connectivity index is 1.45. The number of halogens is 2. The summed E-state index contributed by atoms with van der Waals surface area (Å²) in [5, 5.41) is 9.82. The number of pyridine rings is 2. The van der Waals surface area contributed by atoms with Crippen molar-refractivity contribution in [3.8, 4) is 33.2 Å². The van der Waals surface area contributed by atoms with Crippen molar-refractivity contribution in [2.24, 2.45) is 5.92 Å². The number of nitrogens with zero attached hydrogens (tertiary/aromatic N) is 4. The molecule has 5 heterocycles. The van der Waals surface area contributed by atoms with E-state index in [-0.39, 0.29) is 33.7 Å². The number of hydrogen-bond acceptors (Lipinski definition) is 6. The van der Waals surface area contributed by atoms with Crippen molar-refractivity contribution in [3.05, 3.63) is 65.9 Å². The van der Waals surface area contributed by atoms with Crippen LogP contribution in [0.4, 0.5) is 14.5 Å². The molecule has 37 heavy (non-hydrogen) atoms. The number of anilines is 1. The number of nitrogens with one attached hydrogen (secondary N) is 3. The van der Waals surface area contributed by atoms with Gasteiger partial charge in [-0.2, -0.15) is 9.49 Å². The van der Waals surface area contributed by atoms with E-state index in [1.807, 2.05) is 18.2 Å². The summed E-state index contributed by atoms with van der Waals surface area (Å²) in [5.41, 5.74) is 3.70. The summed E-state index contributed by atoms with van der Waals surface area (Å²) in [6, 6.07) is 10.3. The van der Waals surface area contributed by atoms with Gasteiger partial charge in [-0.3, -0.25) is 19.9 Å². The molecule has 0 aliphatic carbocycles. The summed E-state index contributed by atoms with van der Waals surface area (Å²) >= 11 is 1.03. The average molecular weight is 516 g/mol. The van der Waals surface area contributed by atoms with Crippen LogP contribution in [0, 0.1) is 16.9 Å². The number of aromatic nitrogens is 6. The molecule has 0 aliphatic rings. The first-order chi connectivity index (χ1) is 17.9. The predicted molar refractivity (Wildman–Crippen MR) is 139 cm³/mol. The van der Waals surface area contributed by atoms with Crippen molar-refractivity contribution >= 4 is 44.9 Å². The minimum Gasteiger partial charge on any atom is -0.337 e. The van der Waals surface area contributed by atoms with Gasteiger partial charge in [0.15, 0.2) is 16.8 Å². The second-order valence-electron chi connectivity index (χ2n) is 8.78. The lowest BCUT2D eigenvalue weighted by atomic mass is 10.1. The van der Waals surface area contributed by atoms with Crippen molar-refractivity contribution in [2.45, 2.75) is 13.8 Å². The molecule has 0 spiro atoms. The maximum absolute atomic E-state index is 15.9. The van der Waals surface area contributed by atoms with Crippen LogP contribution in [0.2, 0.25) is 0 Å². The molecule has 0 aliphatic heterocycles. The lowest BCUT2D eigenvalue weighted by Gasteiger charge is -2.09. The number of rotatable bonds is 5. The van der Waals surface area contributed by atoms with Crippen LogP contribution in [0.3, 0.4) is 0 Å². The van der Waals surface area contributed by atoms with Gasteiger partial charge in [-0.25, -0.2) is 9.37 Å². The van der Waals surface area contributed by atoms with Gasteiger partial charge in [0.25, 0.3) is 0 Å². The molecular formula is C26H19F2N7OS. The molecule has 0 fully saturated rings. The summed E-state index contributed by atoms with van der Waals surface area (Å²) in [5.74, 6) is -0.629. The van der Waals surface area contributed by atoms with Crippen LogP contribution in [-0.2, 0) is 4.79 Å². The smallest absolute Gasteiger partial charge is 0.226 e. The third-order valence-corrected chi connectivity index (χ3v) is 6.83. The van der Waals surface area contributed by atoms with Crippen LogP contribution in [0.15, 0.2) is 55.0 Å². The highest BCUT2D eigenvalue weighted by Gasteiger charge is 2.22. The van der Waals surface area contributed by atoms with Crippen molar-refractivity contribution in [1.29, 1.82) is 0 Å². The molecule has 5 aromatic heterocycles. The van der Waals surface area contributed by atoms with Gasteiger partial charge in [-0.05, 0) is 24.3 Å². The minimum atomic E-state index is -0.601. The van der Waals surface area contributed by atoms with Crippen molar-refractivity contribution in [1.82, 2.24) is 30.1 Å². The molecule has 11 heteroatoms. The van der Waals surface area contributed by atoms with Crippen LogP contribution >= 0.6 is 11.3 Å². The molecule has 0 unspecified atom stereocenters. The van der Waals surface area contributed by atoms with Crippen molar-refractivity contribution < 1.29 is 13.6 Å². The van der Waals surface area contributed by atoms with Gasteiger partial charge in [-0.1, -0.05) is 26.0 Å². The summed E-state index contributed by atoms with van der Waals surface area (Å²) in [6.45, 7) is 3.56. The standard InChI is InChI=1S/C26H19F2N7OS/c1-12(2)26(36)31-14-8-13(9-29-10-14)22-21(28)20-17(11-30-22)34-35-24(20)25-32-16-5-3-4-15(23(16)33-25)18-6-7-19(27)37-18/h3-12H,1-2H3,(H,31,36)(H,32,33)(H,34,35). The number of carbonyl (C=O) groups is 1. The number of carbonyl (C=O) groups excluding carboxylic acids is 1. The quantitative estimate of drug-likeness (QED) is 0.254. The Kier molecular flexibility index (Phi) is 5.49. The highest BCUT2D eigenvalue weighted by atomic mass is 32.1. The number of para-hydroxylation sites is 1. The molecule has 8 nitrogen and oxygen atoms in total. The Labute approximate surface area is 212 Å². The van der Waals surface area contributed by atoms with Crippen LogP contribution in [0.1, 0.15) is 13.8 Å². The largest absolute Gasteiger partial charge is 0.337 e. The van der Waals surface area contributed by atoms with E-state index in [0.717, 1.165) is 21.8 Å². The summed E-state index contributed by atoms with van der Waals surface area (Å²) < 4.78 is 29.6. The zero-order chi connectivity index (χ0) is 25.7. The molecule has 1 amide bonds. The number of thiophene rings is 1. The fourth-order valence-electron chi connectivity index (χ4n) is 4.07. The lowest BCUT2D eigenvalue weighted by molar-refractivity contribution is -0.118. The molecule has 3 N–H and O–H groups in total. The molecule has 0 saturated heterocycles. The second kappa shape index (κ2) is 8.86. The zero-order valence-corrected chi connectivity index (χ0v) is 20.5. The number of aromatic amines is 2. The summed E-state index contributed by atoms with van der Waals surface area (Å²) in [6.07, 6.45) is 4.47. The Bertz CT molecular complexity index is 1800. The Morgan fingerprint density at radius 3 is 2.70 bits per heavy atom. The van der Waals surface area contributed by atoms with Crippen molar-refractivity contribution in [2.75, 3.05) is 5.32 Å². The first-order valence-corrected chi connectivity index (χ1v) is 12.2. The lowest BCUT2D eigenvalue weighted by Crippen LogP contribution is -2.17. The first-order valence-electron chi connectivity index (χ1n) is 11.4. The summed E-state index contributed by atoms with van der Waals surface area (Å²) in [7, 11) is 0. The molecule has 0 bridgehead atoms. The normalized spacial score (nSPS) is 11.6. The second-order valence-corrected chi connectivity index (χ2v) is 9.81. The maximum Gasteiger partial charge on any atom is 0.226 e. The number of amides is 1. The Morgan fingerprint density at radius 1 is 1.05 bits per heavy atom. The maximum atomic E-state index is 15.9. The van der Waals surface area contributed by atoms with E-state index in [2.05, 4.69) is 30.5 Å². The highest BCUT2D eigenvalue weighted by Crippen LogP contribution is 2.36. The van der Waals surface area contributed by atoms with Crippen LogP contribution < -0.4 is 5.32 Å². The average Bonchev–Trinajstić information content (AvgIpc) is 3.62. The van der Waals surface area contributed by atoms with E-state index in [1.165, 1.54) is 24.7 Å². The number of imidazole rings is 1. The molecule has 0 atom stereocenters. The SMILES string of the molecule is CC(C)C(=O)Nc1cncc(-c2ncc3[nH]nc(-c4nc5c(-c6ccc(F)s6)cccc5[nH]4)c3c2F)c1. The van der Waals surface area contributed by atoms with Crippen LogP contribution in [0.5, 0.6) is 0 Å². The van der Waals surface area contributed by atoms with Gasteiger partial charge in [0.2, 0.25) is 5.91 Å². The first kappa shape index (κ1) is 22.9. The fraction of sp³-hybridized carbons (Fsp3) is 0.115. The third kappa shape index (κ3) is 4.02. The van der Waals surface area contributed by atoms with E-state index >= 15 is 4.39 Å². The molecule has 6 aromatic rings. The Morgan fingerprint density at radius 2 is 1.92 bits per heavy atom. The van der Waals surface area contributed by atoms with Gasteiger partial charge < -0.3 is 10.3 Å². The molecule has 1 aromatic carbocycles. The van der Waals surface area contributed by atoms with Gasteiger partial charge in [0.1, 0.15) is 11.4 Å². The van der Waals surface area contributed by atoms with Gasteiger partial charge in [-0.15, -0.1) is 11.3 Å². The molecule has 184 valence electrons. The van der Waals surface area contributed by atoms with E-state index in [9.17, 15) is 9.18 Å². The van der Waals surface area contributed by atoms with E-state index in [0.29, 0.717) is 33.6 Å². The van der Waals surface area contributed by atoms with E-state index < -0.39 is 5.82 Å². The van der Waals surface area contributed by atoms with E-state index in [1.54, 1.807) is 26.0 Å². The minimum absolute atomic E-state index is 0.0640. The van der Waals surface area contributed by atoms with Crippen LogP contribution in [-0.4, -0.2) is 36.0 Å². The topological polar surface area (TPSA) is 112 Å². The van der Waals surface area contributed by atoms with Crippen LogP contribution in [0.25, 0.3) is 55.2 Å². The Hall–Kier alpha value is -4.51. The summed E-state index contributed by atoms with van der Waals surface area (Å²) in [4.78, 5) is 29.1. The van der Waals surface area contributed by atoms with Crippen molar-refractivity contribution in [3.63, 3.8) is 0 Å². The van der Waals surface area contributed by atoms with Gasteiger partial charge in [0.05, 0.1) is 40.0 Å². The number of H-pyrrole nitrogens is 2. The predicted octanol–water partition coefficient (Wildman–Crippen LogP) is 6.16. The highest BCUT2D eigenvalue weighted by molar-refractivity contribution is 7.14. The molecular weight excluding hydrogens is 496 g/mol. The molecule has 0 saturated carbocycles. The third-order valence-electron chi connectivity index (χ3n) is 5.92.